The van der Waals surface area contributed by atoms with E-state index in [2.05, 4.69) is 39.5 Å². The number of allylic oxidation sites excluding steroid dienone is 3. The Kier molecular flexibility index (Phi) is 14.4. The Morgan fingerprint density at radius 3 is 0.766 bits per heavy atom. The standard InChI is InChI=1S/C33H45O13P/c1-16(2)25(34)22(13)31(40,28(37)19(7)8)44-47(43,45-32(41,29(38)20(9)10)23(14)26(35)17(3)4)46-33(42,30(39)21(11)12)24(15)27(36)18(5)6/h22-24,40-42H,1,3,5,7,9,11H2,2,4,6,8,10,12-15H3. The summed E-state index contributed by atoms with van der Waals surface area (Å²) in [6.07, 6.45) is 0. The molecule has 0 aromatic rings. The van der Waals surface area contributed by atoms with Gasteiger partial charge in [-0.1, -0.05) is 39.5 Å². The zero-order valence-electron chi connectivity index (χ0n) is 28.3. The summed E-state index contributed by atoms with van der Waals surface area (Å²) in [5, 5.41) is 35.0. The molecule has 0 bridgehead atoms. The van der Waals surface area contributed by atoms with Crippen molar-refractivity contribution in [2.45, 2.75) is 79.7 Å². The summed E-state index contributed by atoms with van der Waals surface area (Å²) in [5.41, 5.74) is -2.14. The second-order valence-electron chi connectivity index (χ2n) is 11.7. The van der Waals surface area contributed by atoms with E-state index in [0.29, 0.717) is 0 Å². The summed E-state index contributed by atoms with van der Waals surface area (Å²) < 4.78 is 30.6. The minimum atomic E-state index is -6.32. The number of aliphatic hydroxyl groups is 3. The molecule has 0 aliphatic heterocycles. The number of hydrogen-bond acceptors (Lipinski definition) is 13. The highest BCUT2D eigenvalue weighted by atomic mass is 31.2. The van der Waals surface area contributed by atoms with Crippen molar-refractivity contribution in [2.75, 3.05) is 0 Å². The Morgan fingerprint density at radius 2 is 0.638 bits per heavy atom. The first-order chi connectivity index (χ1) is 21.0. The van der Waals surface area contributed by atoms with E-state index >= 15 is 0 Å². The van der Waals surface area contributed by atoms with Gasteiger partial charge in [0.25, 0.3) is 17.4 Å². The summed E-state index contributed by atoms with van der Waals surface area (Å²) in [4.78, 5) is 79.1. The Labute approximate surface area is 275 Å². The van der Waals surface area contributed by atoms with Crippen molar-refractivity contribution in [3.8, 4) is 0 Å². The topological polar surface area (TPSA) is 208 Å². The van der Waals surface area contributed by atoms with Gasteiger partial charge >= 0.3 is 7.82 Å². The van der Waals surface area contributed by atoms with Crippen molar-refractivity contribution in [3.63, 3.8) is 0 Å². The molecule has 3 N–H and O–H groups in total. The molecule has 0 aromatic heterocycles. The maximum absolute atomic E-state index is 14.8. The third-order valence-electron chi connectivity index (χ3n) is 7.09. The van der Waals surface area contributed by atoms with Gasteiger partial charge in [-0.05, 0) is 95.8 Å². The molecule has 0 aromatic carbocycles. The van der Waals surface area contributed by atoms with Gasteiger partial charge in [-0.3, -0.25) is 28.8 Å². The third-order valence-corrected chi connectivity index (χ3v) is 8.60. The van der Waals surface area contributed by atoms with Crippen LogP contribution in [0.2, 0.25) is 0 Å². The zero-order valence-corrected chi connectivity index (χ0v) is 29.2. The fourth-order valence-electron chi connectivity index (χ4n) is 4.08. The average Bonchev–Trinajstić information content (AvgIpc) is 2.96. The highest BCUT2D eigenvalue weighted by Gasteiger charge is 2.62. The Bertz CT molecular complexity index is 1340. The molecule has 0 saturated heterocycles. The van der Waals surface area contributed by atoms with E-state index in [0.717, 1.165) is 41.5 Å². The molecule has 0 heterocycles. The van der Waals surface area contributed by atoms with E-state index < -0.39 is 94.4 Å². The largest absolute Gasteiger partial charge is 0.483 e. The van der Waals surface area contributed by atoms with E-state index in [1.165, 1.54) is 20.8 Å². The van der Waals surface area contributed by atoms with Gasteiger partial charge in [0.05, 0.1) is 17.8 Å². The first-order valence-corrected chi connectivity index (χ1v) is 15.5. The number of carbonyl (C=O) groups excluding carboxylic acids is 6. The molecule has 6 unspecified atom stereocenters. The molecule has 0 saturated carbocycles. The van der Waals surface area contributed by atoms with Crippen LogP contribution in [0.4, 0.5) is 0 Å². The molecule has 0 radical (unpaired) electrons. The molecule has 0 amide bonds. The lowest BCUT2D eigenvalue weighted by atomic mass is 9.87. The first kappa shape index (κ1) is 43.5. The van der Waals surface area contributed by atoms with Crippen molar-refractivity contribution < 1.29 is 62.2 Å². The van der Waals surface area contributed by atoms with Crippen molar-refractivity contribution in [1.29, 1.82) is 0 Å². The summed E-state index contributed by atoms with van der Waals surface area (Å²) in [7, 11) is -6.32. The normalized spacial score (nSPS) is 18.3. The van der Waals surface area contributed by atoms with Crippen LogP contribution in [0, 0.1) is 17.8 Å². The molecule has 0 spiro atoms. The lowest BCUT2D eigenvalue weighted by Crippen LogP contribution is -2.55. The third kappa shape index (κ3) is 9.29. The van der Waals surface area contributed by atoms with Gasteiger partial charge < -0.3 is 15.3 Å². The quantitative estimate of drug-likeness (QED) is 0.0891. The average molecular weight is 681 g/mol. The molecule has 47 heavy (non-hydrogen) atoms. The van der Waals surface area contributed by atoms with Crippen molar-refractivity contribution in [1.82, 2.24) is 0 Å². The summed E-state index contributed by atoms with van der Waals surface area (Å²) in [6.45, 7) is 30.2. The zero-order chi connectivity index (χ0) is 37.8. The van der Waals surface area contributed by atoms with Crippen LogP contribution in [0.3, 0.4) is 0 Å². The van der Waals surface area contributed by atoms with Gasteiger partial charge in [0.15, 0.2) is 17.3 Å². The predicted molar refractivity (Wildman–Crippen MR) is 172 cm³/mol. The minimum absolute atomic E-state index is 0.227. The lowest BCUT2D eigenvalue weighted by Gasteiger charge is -2.41. The number of hydrogen-bond donors (Lipinski definition) is 3. The summed E-state index contributed by atoms with van der Waals surface area (Å²) in [5.74, 6) is -24.4. The van der Waals surface area contributed by atoms with Crippen LogP contribution in [-0.2, 0) is 46.9 Å². The van der Waals surface area contributed by atoms with Gasteiger partial charge in [-0.2, -0.15) is 0 Å². The molecular weight excluding hydrogens is 635 g/mol. The van der Waals surface area contributed by atoms with Gasteiger partial charge in [-0.25, -0.2) is 18.1 Å². The first-order valence-electron chi connectivity index (χ1n) is 14.1. The van der Waals surface area contributed by atoms with Crippen LogP contribution >= 0.6 is 7.82 Å². The van der Waals surface area contributed by atoms with Crippen LogP contribution in [0.25, 0.3) is 0 Å². The fraction of sp³-hybridized carbons (Fsp3) is 0.455. The number of phosphoric ester groups is 1. The van der Waals surface area contributed by atoms with Gasteiger partial charge in [-0.15, -0.1) is 0 Å². The van der Waals surface area contributed by atoms with Gasteiger partial charge in [0.2, 0.25) is 17.3 Å². The summed E-state index contributed by atoms with van der Waals surface area (Å²) >= 11 is 0. The highest BCUT2D eigenvalue weighted by molar-refractivity contribution is 7.48. The lowest BCUT2D eigenvalue weighted by molar-refractivity contribution is -0.234. The van der Waals surface area contributed by atoms with E-state index in [1.54, 1.807) is 0 Å². The van der Waals surface area contributed by atoms with Crippen molar-refractivity contribution in [3.05, 3.63) is 72.9 Å². The summed E-state index contributed by atoms with van der Waals surface area (Å²) in [6, 6.07) is 0. The molecule has 0 aliphatic rings. The molecule has 14 heteroatoms. The van der Waals surface area contributed by atoms with E-state index in [-0.39, 0.29) is 16.7 Å². The predicted octanol–water partition coefficient (Wildman–Crippen LogP) is 3.99. The van der Waals surface area contributed by atoms with E-state index in [1.807, 2.05) is 0 Å². The molecule has 260 valence electrons. The highest BCUT2D eigenvalue weighted by Crippen LogP contribution is 2.61. The molecule has 13 nitrogen and oxygen atoms in total. The van der Waals surface area contributed by atoms with E-state index in [9.17, 15) is 48.7 Å². The van der Waals surface area contributed by atoms with Gasteiger partial charge in [0.1, 0.15) is 0 Å². The monoisotopic (exact) mass is 680 g/mol. The van der Waals surface area contributed by atoms with Gasteiger partial charge in [0, 0.05) is 0 Å². The maximum Gasteiger partial charge on any atom is 0.483 e. The maximum atomic E-state index is 14.8. The number of Topliss-reactive ketones (excluding diaryl/α,β-unsaturated/α-hetero) is 6. The van der Waals surface area contributed by atoms with Crippen LogP contribution in [0.1, 0.15) is 62.3 Å². The number of carbonyl (C=O) groups is 6. The molecule has 6 atom stereocenters. The SMILES string of the molecule is C=C(C)C(=O)C(C)C(O)(OP(=O)(OC(O)(C(=O)C(=C)C)C(C)C(=O)C(=C)C)OC(O)(C(=O)C(=C)C)C(C)C(=O)C(=C)C)C(=O)C(=C)C. The Hall–Kier alpha value is -3.55. The molecule has 0 fully saturated rings. The van der Waals surface area contributed by atoms with Crippen molar-refractivity contribution >= 4 is 42.5 Å². The number of phosphoric acid groups is 1. The molecule has 0 aliphatic carbocycles. The number of rotatable bonds is 21. The Morgan fingerprint density at radius 1 is 0.468 bits per heavy atom. The van der Waals surface area contributed by atoms with E-state index in [4.69, 9.17) is 13.6 Å². The van der Waals surface area contributed by atoms with Crippen LogP contribution in [0.15, 0.2) is 72.9 Å². The van der Waals surface area contributed by atoms with Crippen LogP contribution in [0.5, 0.6) is 0 Å². The second-order valence-corrected chi connectivity index (χ2v) is 13.2. The minimum Gasteiger partial charge on any atom is -0.358 e. The second kappa shape index (κ2) is 15.6. The fourth-order valence-corrected chi connectivity index (χ4v) is 5.94. The molecular formula is C33H45O13P. The Balaban J connectivity index is 8.25. The van der Waals surface area contributed by atoms with Crippen LogP contribution in [-0.4, -0.2) is 67.4 Å². The molecule has 0 rings (SSSR count). The number of ketones is 6. The smallest absolute Gasteiger partial charge is 0.358 e. The van der Waals surface area contributed by atoms with Crippen LogP contribution < -0.4 is 0 Å². The van der Waals surface area contributed by atoms with Crippen molar-refractivity contribution in [2.24, 2.45) is 17.8 Å².